The average Bonchev–Trinajstić information content (AvgIpc) is 2.56. The minimum atomic E-state index is -0.836. The van der Waals surface area contributed by atoms with E-state index in [9.17, 15) is 9.59 Å². The Labute approximate surface area is 142 Å². The molecule has 128 valence electrons. The molecule has 2 rings (SSSR count). The van der Waals surface area contributed by atoms with Gasteiger partial charge in [-0.3, -0.25) is 0 Å². The number of hydrogen-bond acceptors (Lipinski definition) is 3. The Bertz CT molecular complexity index is 647. The van der Waals surface area contributed by atoms with Crippen LogP contribution in [0.4, 0.5) is 0 Å². The third-order valence-electron chi connectivity index (χ3n) is 4.51. The van der Waals surface area contributed by atoms with E-state index in [1.807, 2.05) is 30.3 Å². The molecule has 1 aromatic carbocycles. The number of allylic oxidation sites excluding steroid dienone is 1. The van der Waals surface area contributed by atoms with Crippen molar-refractivity contribution in [2.75, 3.05) is 0 Å². The highest BCUT2D eigenvalue weighted by Crippen LogP contribution is 2.37. The summed E-state index contributed by atoms with van der Waals surface area (Å²) in [5.74, 6) is 0.111. The Balaban J connectivity index is 1.92. The molecule has 0 radical (unpaired) electrons. The fourth-order valence-corrected chi connectivity index (χ4v) is 3.05. The van der Waals surface area contributed by atoms with Gasteiger partial charge in [-0.2, -0.15) is 0 Å². The number of carbonyl (C=O) groups is 2. The minimum Gasteiger partial charge on any atom is -0.478 e. The van der Waals surface area contributed by atoms with Crippen LogP contribution in [-0.2, 0) is 9.59 Å². The first-order chi connectivity index (χ1) is 11.4. The first-order valence-electron chi connectivity index (χ1n) is 8.26. The third kappa shape index (κ3) is 4.82. The van der Waals surface area contributed by atoms with Crippen molar-refractivity contribution in [3.8, 4) is 5.75 Å². The van der Waals surface area contributed by atoms with E-state index in [4.69, 9.17) is 9.84 Å². The van der Waals surface area contributed by atoms with Gasteiger partial charge >= 0.3 is 11.9 Å². The summed E-state index contributed by atoms with van der Waals surface area (Å²) in [5, 5.41) is 8.96. The van der Waals surface area contributed by atoms with E-state index in [2.05, 4.69) is 6.58 Å². The van der Waals surface area contributed by atoms with Gasteiger partial charge in [-0.05, 0) is 69.1 Å². The van der Waals surface area contributed by atoms with Gasteiger partial charge in [-0.15, -0.1) is 0 Å². The lowest BCUT2D eigenvalue weighted by molar-refractivity contribution is -0.132. The predicted molar refractivity (Wildman–Crippen MR) is 93.0 cm³/mol. The summed E-state index contributed by atoms with van der Waals surface area (Å²) >= 11 is 0. The molecule has 0 amide bonds. The van der Waals surface area contributed by atoms with Crippen molar-refractivity contribution in [1.82, 2.24) is 0 Å². The van der Waals surface area contributed by atoms with Crippen LogP contribution in [0.1, 0.15) is 51.0 Å². The minimum absolute atomic E-state index is 0.355. The van der Waals surface area contributed by atoms with Crippen molar-refractivity contribution in [3.05, 3.63) is 53.6 Å². The zero-order chi connectivity index (χ0) is 17.7. The summed E-state index contributed by atoms with van der Waals surface area (Å²) in [6, 6.07) is 7.64. The van der Waals surface area contributed by atoms with E-state index in [1.165, 1.54) is 5.56 Å². The molecule has 0 aliphatic heterocycles. The standard InChI is InChI=1S/C20H24O4/c1-13(2)20(23)24-18-10-8-17(9-11-18)16-6-4-15(5-7-16)12-14(3)19(21)22/h8-12,15-16H,1,4-7H2,2-3H3,(H,21,22). The molecule has 0 bridgehead atoms. The first-order valence-corrected chi connectivity index (χ1v) is 8.26. The van der Waals surface area contributed by atoms with Gasteiger partial charge in [0.2, 0.25) is 0 Å². The van der Waals surface area contributed by atoms with Gasteiger partial charge in [-0.25, -0.2) is 9.59 Å². The number of ether oxygens (including phenoxy) is 1. The molecule has 0 spiro atoms. The van der Waals surface area contributed by atoms with Crippen LogP contribution in [0.2, 0.25) is 0 Å². The highest BCUT2D eigenvalue weighted by Gasteiger charge is 2.22. The normalized spacial score (nSPS) is 21.2. The lowest BCUT2D eigenvalue weighted by Crippen LogP contribution is -2.13. The van der Waals surface area contributed by atoms with Crippen LogP contribution in [0, 0.1) is 5.92 Å². The second kappa shape index (κ2) is 7.95. The van der Waals surface area contributed by atoms with Crippen LogP contribution in [0.25, 0.3) is 0 Å². The Morgan fingerprint density at radius 2 is 1.71 bits per heavy atom. The van der Waals surface area contributed by atoms with Gasteiger partial charge in [0.1, 0.15) is 5.75 Å². The van der Waals surface area contributed by atoms with Crippen molar-refractivity contribution in [1.29, 1.82) is 0 Å². The third-order valence-corrected chi connectivity index (χ3v) is 4.51. The molecule has 4 heteroatoms. The van der Waals surface area contributed by atoms with Gasteiger partial charge in [0.05, 0.1) is 0 Å². The predicted octanol–water partition coefficient (Wildman–Crippen LogP) is 4.47. The van der Waals surface area contributed by atoms with Gasteiger partial charge in [0, 0.05) is 11.1 Å². The monoisotopic (exact) mass is 328 g/mol. The molecule has 0 unspecified atom stereocenters. The molecule has 1 saturated carbocycles. The SMILES string of the molecule is C=C(C)C(=O)Oc1ccc(C2CCC(C=C(C)C(=O)O)CC2)cc1. The van der Waals surface area contributed by atoms with Gasteiger partial charge in [0.15, 0.2) is 0 Å². The molecular formula is C20H24O4. The van der Waals surface area contributed by atoms with Crippen molar-refractivity contribution < 1.29 is 19.4 Å². The maximum absolute atomic E-state index is 11.5. The average molecular weight is 328 g/mol. The summed E-state index contributed by atoms with van der Waals surface area (Å²) in [7, 11) is 0. The fraction of sp³-hybridized carbons (Fsp3) is 0.400. The highest BCUT2D eigenvalue weighted by atomic mass is 16.5. The quantitative estimate of drug-likeness (QED) is 0.492. The second-order valence-corrected chi connectivity index (χ2v) is 6.51. The molecular weight excluding hydrogens is 304 g/mol. The lowest BCUT2D eigenvalue weighted by atomic mass is 9.78. The van der Waals surface area contributed by atoms with E-state index in [0.29, 0.717) is 28.7 Å². The number of carbonyl (C=O) groups excluding carboxylic acids is 1. The highest BCUT2D eigenvalue weighted by molar-refractivity contribution is 5.88. The molecule has 1 fully saturated rings. The van der Waals surface area contributed by atoms with Gasteiger partial charge < -0.3 is 9.84 Å². The van der Waals surface area contributed by atoms with E-state index in [0.717, 1.165) is 25.7 Å². The Morgan fingerprint density at radius 3 is 2.21 bits per heavy atom. The van der Waals surface area contributed by atoms with E-state index in [1.54, 1.807) is 13.8 Å². The van der Waals surface area contributed by atoms with Crippen LogP contribution in [-0.4, -0.2) is 17.0 Å². The summed E-state index contributed by atoms with van der Waals surface area (Å²) in [6.07, 6.45) is 5.97. The van der Waals surface area contributed by atoms with E-state index < -0.39 is 11.9 Å². The summed E-state index contributed by atoms with van der Waals surface area (Å²) in [5.41, 5.74) is 2.05. The summed E-state index contributed by atoms with van der Waals surface area (Å²) < 4.78 is 5.20. The van der Waals surface area contributed by atoms with Gasteiger partial charge in [-0.1, -0.05) is 24.8 Å². The molecule has 4 nitrogen and oxygen atoms in total. The number of rotatable bonds is 5. The Morgan fingerprint density at radius 1 is 1.12 bits per heavy atom. The first kappa shape index (κ1) is 18.0. The second-order valence-electron chi connectivity index (χ2n) is 6.51. The molecule has 0 aromatic heterocycles. The number of hydrogen-bond donors (Lipinski definition) is 1. The van der Waals surface area contributed by atoms with E-state index >= 15 is 0 Å². The molecule has 24 heavy (non-hydrogen) atoms. The summed E-state index contributed by atoms with van der Waals surface area (Å²) in [4.78, 5) is 22.4. The topological polar surface area (TPSA) is 63.6 Å². The Kier molecular flexibility index (Phi) is 5.96. The molecule has 1 aromatic rings. The lowest BCUT2D eigenvalue weighted by Gasteiger charge is -2.27. The van der Waals surface area contributed by atoms with Crippen molar-refractivity contribution in [2.24, 2.45) is 5.92 Å². The van der Waals surface area contributed by atoms with Crippen LogP contribution < -0.4 is 4.74 Å². The van der Waals surface area contributed by atoms with Crippen LogP contribution in [0.5, 0.6) is 5.75 Å². The number of benzene rings is 1. The summed E-state index contributed by atoms with van der Waals surface area (Å²) in [6.45, 7) is 6.84. The maximum Gasteiger partial charge on any atom is 0.338 e. The molecule has 0 saturated heterocycles. The van der Waals surface area contributed by atoms with Crippen molar-refractivity contribution in [3.63, 3.8) is 0 Å². The van der Waals surface area contributed by atoms with Crippen molar-refractivity contribution in [2.45, 2.75) is 45.4 Å². The smallest absolute Gasteiger partial charge is 0.338 e. The largest absolute Gasteiger partial charge is 0.478 e. The van der Waals surface area contributed by atoms with Crippen LogP contribution in [0.15, 0.2) is 48.1 Å². The van der Waals surface area contributed by atoms with E-state index in [-0.39, 0.29) is 0 Å². The number of esters is 1. The molecule has 1 N–H and O–H groups in total. The zero-order valence-electron chi connectivity index (χ0n) is 14.2. The fourth-order valence-electron chi connectivity index (χ4n) is 3.05. The number of carboxylic acid groups (broad SMARTS) is 1. The molecule has 1 aliphatic carbocycles. The zero-order valence-corrected chi connectivity index (χ0v) is 14.2. The van der Waals surface area contributed by atoms with Crippen molar-refractivity contribution >= 4 is 11.9 Å². The number of carboxylic acids is 1. The molecule has 0 heterocycles. The number of aliphatic carboxylic acids is 1. The van der Waals surface area contributed by atoms with Crippen LogP contribution in [0.3, 0.4) is 0 Å². The van der Waals surface area contributed by atoms with Crippen LogP contribution >= 0.6 is 0 Å². The Hall–Kier alpha value is -2.36. The molecule has 1 aliphatic rings. The maximum atomic E-state index is 11.5. The molecule has 0 atom stereocenters. The van der Waals surface area contributed by atoms with Gasteiger partial charge in [0.25, 0.3) is 0 Å².